The number of thiazole rings is 1. The van der Waals surface area contributed by atoms with Crippen molar-refractivity contribution < 1.29 is 4.42 Å². The van der Waals surface area contributed by atoms with Crippen LogP contribution in [0.5, 0.6) is 0 Å². The van der Waals surface area contributed by atoms with E-state index in [4.69, 9.17) is 4.42 Å². The summed E-state index contributed by atoms with van der Waals surface area (Å²) < 4.78 is 7.30. The molecule has 0 fully saturated rings. The van der Waals surface area contributed by atoms with Gasteiger partial charge in [0.1, 0.15) is 11.3 Å². The summed E-state index contributed by atoms with van der Waals surface area (Å²) in [6.07, 6.45) is 0. The maximum atomic E-state index is 6.17. The van der Waals surface area contributed by atoms with Gasteiger partial charge in [0, 0.05) is 17.0 Å². The molecule has 28 heavy (non-hydrogen) atoms. The molecule has 5 rings (SSSR count). The van der Waals surface area contributed by atoms with Gasteiger partial charge in [0.25, 0.3) is 0 Å². The van der Waals surface area contributed by atoms with Crippen LogP contribution in [0.1, 0.15) is 5.56 Å². The van der Waals surface area contributed by atoms with Crippen LogP contribution in [0.25, 0.3) is 32.5 Å². The second kappa shape index (κ2) is 6.94. The average Bonchev–Trinajstić information content (AvgIpc) is 3.15. The molecule has 0 aliphatic heterocycles. The van der Waals surface area contributed by atoms with Crippen molar-refractivity contribution in [3.05, 3.63) is 89.8 Å². The molecule has 0 saturated carbocycles. The van der Waals surface area contributed by atoms with Crippen molar-refractivity contribution in [2.75, 3.05) is 5.43 Å². The fourth-order valence-corrected chi connectivity index (χ4v) is 3.95. The lowest BCUT2D eigenvalue weighted by Crippen LogP contribution is -2.07. The summed E-state index contributed by atoms with van der Waals surface area (Å²) in [4.78, 5) is 4.59. The van der Waals surface area contributed by atoms with E-state index in [2.05, 4.69) is 34.6 Å². The number of rotatable bonds is 3. The van der Waals surface area contributed by atoms with Crippen molar-refractivity contribution >= 4 is 37.7 Å². The van der Waals surface area contributed by atoms with Gasteiger partial charge in [-0.05, 0) is 36.8 Å². The van der Waals surface area contributed by atoms with Gasteiger partial charge in [0.05, 0.1) is 15.6 Å². The van der Waals surface area contributed by atoms with Crippen LogP contribution in [0.2, 0.25) is 0 Å². The molecule has 2 aromatic heterocycles. The highest BCUT2D eigenvalue weighted by atomic mass is 32.1. The lowest BCUT2D eigenvalue weighted by atomic mass is 10.1. The number of aromatic nitrogens is 1. The van der Waals surface area contributed by atoms with Crippen LogP contribution in [0.3, 0.4) is 0 Å². The minimum Gasteiger partial charge on any atom is -0.456 e. The Bertz CT molecular complexity index is 1320. The van der Waals surface area contributed by atoms with Gasteiger partial charge in [-0.2, -0.15) is 5.10 Å². The standard InChI is InChI=1S/C23H17N3OS/c1-15-11-12-17-19(25-26-23-24-18-9-5-6-10-22(18)28-23)14-20(27-21(17)13-15)16-7-3-2-4-8-16/h2-14H,1H3,(H,24,26)/b25-19+. The summed E-state index contributed by atoms with van der Waals surface area (Å²) in [5.74, 6) is 0.781. The highest BCUT2D eigenvalue weighted by Crippen LogP contribution is 2.26. The number of nitrogens with one attached hydrogen (secondary N) is 1. The van der Waals surface area contributed by atoms with Gasteiger partial charge >= 0.3 is 0 Å². The summed E-state index contributed by atoms with van der Waals surface area (Å²) in [6.45, 7) is 2.06. The molecule has 0 saturated heterocycles. The van der Waals surface area contributed by atoms with Crippen molar-refractivity contribution in [3.63, 3.8) is 0 Å². The quantitative estimate of drug-likeness (QED) is 0.392. The van der Waals surface area contributed by atoms with Gasteiger partial charge in [-0.15, -0.1) is 0 Å². The van der Waals surface area contributed by atoms with Crippen molar-refractivity contribution in [1.82, 2.24) is 4.98 Å². The molecule has 5 aromatic rings. The lowest BCUT2D eigenvalue weighted by Gasteiger charge is -2.06. The first-order valence-corrected chi connectivity index (χ1v) is 9.83. The highest BCUT2D eigenvalue weighted by molar-refractivity contribution is 7.22. The summed E-state index contributed by atoms with van der Waals surface area (Å²) in [5.41, 5.74) is 7.07. The van der Waals surface area contributed by atoms with Crippen molar-refractivity contribution in [1.29, 1.82) is 0 Å². The zero-order chi connectivity index (χ0) is 18.9. The molecule has 136 valence electrons. The van der Waals surface area contributed by atoms with E-state index in [1.54, 1.807) is 11.3 Å². The number of fused-ring (bicyclic) bond motifs is 2. The molecule has 0 spiro atoms. The SMILES string of the molecule is Cc1ccc2/c(=N/Nc3nc4ccccc4s3)cc(-c3ccccc3)oc2c1. The minimum atomic E-state index is 0.767. The first kappa shape index (κ1) is 16.7. The fraction of sp³-hybridized carbons (Fsp3) is 0.0435. The van der Waals surface area contributed by atoms with Gasteiger partial charge in [-0.25, -0.2) is 4.98 Å². The van der Waals surface area contributed by atoms with E-state index >= 15 is 0 Å². The number of anilines is 1. The molecule has 4 nitrogen and oxygen atoms in total. The zero-order valence-electron chi connectivity index (χ0n) is 15.2. The third-order valence-electron chi connectivity index (χ3n) is 4.52. The van der Waals surface area contributed by atoms with E-state index in [1.165, 1.54) is 0 Å². The molecule has 3 aromatic carbocycles. The molecule has 0 amide bonds. The van der Waals surface area contributed by atoms with Crippen LogP contribution in [0, 0.1) is 6.92 Å². The third kappa shape index (κ3) is 3.17. The van der Waals surface area contributed by atoms with E-state index in [0.29, 0.717) is 0 Å². The van der Waals surface area contributed by atoms with Crippen LogP contribution in [0.15, 0.2) is 88.4 Å². The number of nitrogens with zero attached hydrogens (tertiary/aromatic N) is 2. The predicted molar refractivity (Wildman–Crippen MR) is 115 cm³/mol. The molecule has 0 aliphatic rings. The Morgan fingerprint density at radius 2 is 1.75 bits per heavy atom. The van der Waals surface area contributed by atoms with Crippen LogP contribution in [0.4, 0.5) is 5.13 Å². The van der Waals surface area contributed by atoms with E-state index in [0.717, 1.165) is 48.6 Å². The molecule has 2 heterocycles. The second-order valence-electron chi connectivity index (χ2n) is 6.57. The lowest BCUT2D eigenvalue weighted by molar-refractivity contribution is 0.618. The topological polar surface area (TPSA) is 50.4 Å². The molecule has 0 aliphatic carbocycles. The number of benzene rings is 3. The van der Waals surface area contributed by atoms with E-state index in [1.807, 2.05) is 66.7 Å². The molecule has 0 atom stereocenters. The monoisotopic (exact) mass is 383 g/mol. The first-order valence-electron chi connectivity index (χ1n) is 9.01. The Kier molecular flexibility index (Phi) is 4.14. The molecule has 0 radical (unpaired) electrons. The van der Waals surface area contributed by atoms with Gasteiger partial charge < -0.3 is 4.42 Å². The summed E-state index contributed by atoms with van der Waals surface area (Å²) in [5, 5.41) is 7.20. The molecule has 1 N–H and O–H groups in total. The summed E-state index contributed by atoms with van der Waals surface area (Å²) >= 11 is 1.59. The summed E-state index contributed by atoms with van der Waals surface area (Å²) in [7, 11) is 0. The predicted octanol–water partition coefficient (Wildman–Crippen LogP) is 5.95. The van der Waals surface area contributed by atoms with E-state index in [-0.39, 0.29) is 0 Å². The zero-order valence-corrected chi connectivity index (χ0v) is 16.0. The Morgan fingerprint density at radius 1 is 0.929 bits per heavy atom. The van der Waals surface area contributed by atoms with Crippen molar-refractivity contribution in [2.45, 2.75) is 6.92 Å². The second-order valence-corrected chi connectivity index (χ2v) is 7.60. The van der Waals surface area contributed by atoms with E-state index in [9.17, 15) is 0 Å². The fourth-order valence-electron chi connectivity index (χ4n) is 3.14. The maximum Gasteiger partial charge on any atom is 0.204 e. The number of hydrogen-bond acceptors (Lipinski definition) is 5. The first-order chi connectivity index (χ1) is 13.8. The van der Waals surface area contributed by atoms with Crippen LogP contribution in [-0.2, 0) is 0 Å². The van der Waals surface area contributed by atoms with Gasteiger partial charge in [-0.3, -0.25) is 5.43 Å². The molecule has 5 heteroatoms. The van der Waals surface area contributed by atoms with Crippen molar-refractivity contribution in [2.24, 2.45) is 5.10 Å². The third-order valence-corrected chi connectivity index (χ3v) is 5.47. The molecular formula is C23H17N3OS. The maximum absolute atomic E-state index is 6.17. The highest BCUT2D eigenvalue weighted by Gasteiger charge is 2.07. The number of aryl methyl sites for hydroxylation is 1. The van der Waals surface area contributed by atoms with Crippen LogP contribution < -0.4 is 10.8 Å². The Balaban J connectivity index is 1.65. The minimum absolute atomic E-state index is 0.767. The number of para-hydroxylation sites is 1. The molecular weight excluding hydrogens is 366 g/mol. The van der Waals surface area contributed by atoms with Crippen LogP contribution >= 0.6 is 11.3 Å². The van der Waals surface area contributed by atoms with Crippen molar-refractivity contribution in [3.8, 4) is 11.3 Å². The Hall–Kier alpha value is -3.44. The number of hydrogen-bond donors (Lipinski definition) is 1. The molecule has 0 bridgehead atoms. The molecule has 0 unspecified atom stereocenters. The van der Waals surface area contributed by atoms with Gasteiger partial charge in [-0.1, -0.05) is 59.9 Å². The van der Waals surface area contributed by atoms with Gasteiger partial charge in [0.2, 0.25) is 5.13 Å². The van der Waals surface area contributed by atoms with Crippen LogP contribution in [-0.4, -0.2) is 4.98 Å². The Morgan fingerprint density at radius 3 is 2.61 bits per heavy atom. The van der Waals surface area contributed by atoms with Gasteiger partial charge in [0.15, 0.2) is 0 Å². The summed E-state index contributed by atoms with van der Waals surface area (Å²) in [6, 6.07) is 26.2. The largest absolute Gasteiger partial charge is 0.456 e. The average molecular weight is 383 g/mol. The Labute approximate surface area is 165 Å². The normalized spacial score (nSPS) is 12.0. The smallest absolute Gasteiger partial charge is 0.204 e. The van der Waals surface area contributed by atoms with E-state index < -0.39 is 0 Å².